The lowest BCUT2D eigenvalue weighted by Crippen LogP contribution is -2.51. The van der Waals surface area contributed by atoms with Crippen molar-refractivity contribution in [2.45, 2.75) is 44.9 Å². The molecule has 2 amide bonds. The summed E-state index contributed by atoms with van der Waals surface area (Å²) in [5.41, 5.74) is -0.987. The predicted molar refractivity (Wildman–Crippen MR) is 86.1 cm³/mol. The number of aromatic amines is 1. The van der Waals surface area contributed by atoms with Crippen molar-refractivity contribution in [2.75, 3.05) is 13.1 Å². The van der Waals surface area contributed by atoms with Gasteiger partial charge in [0.1, 0.15) is 15.5 Å². The number of ether oxygens (including phenoxy) is 1. The number of H-pyrrole nitrogens is 1. The van der Waals surface area contributed by atoms with E-state index >= 15 is 0 Å². The summed E-state index contributed by atoms with van der Waals surface area (Å²) in [7, 11) is 0. The Morgan fingerprint density at radius 1 is 1.26 bits per heavy atom. The Morgan fingerprint density at radius 2 is 1.87 bits per heavy atom. The first-order chi connectivity index (χ1) is 10.7. The molecule has 9 heteroatoms. The fourth-order valence-electron chi connectivity index (χ4n) is 2.74. The molecule has 1 aromatic rings. The molecule has 2 aliphatic rings. The molecule has 23 heavy (non-hydrogen) atoms. The molecule has 2 unspecified atom stereocenters. The number of carbonyl (C=O) groups is 2. The number of aromatic nitrogens is 1. The van der Waals surface area contributed by atoms with Gasteiger partial charge in [-0.3, -0.25) is 14.0 Å². The van der Waals surface area contributed by atoms with Gasteiger partial charge in [-0.2, -0.15) is 0 Å². The smallest absolute Gasteiger partial charge is 0.410 e. The molecule has 2 fully saturated rings. The predicted octanol–water partition coefficient (Wildman–Crippen LogP) is 1.92. The minimum atomic E-state index is -0.542. The van der Waals surface area contributed by atoms with Crippen molar-refractivity contribution in [3.8, 4) is 0 Å². The van der Waals surface area contributed by atoms with Crippen LogP contribution in [-0.4, -0.2) is 56.9 Å². The quantitative estimate of drug-likeness (QED) is 0.830. The van der Waals surface area contributed by atoms with Gasteiger partial charge in [0.2, 0.25) is 0 Å². The minimum Gasteiger partial charge on any atom is -0.444 e. The Kier molecular flexibility index (Phi) is 3.92. The number of fused-ring (bicyclic) bond motifs is 1. The second-order valence-corrected chi connectivity index (χ2v) is 7.91. The van der Waals surface area contributed by atoms with Crippen molar-refractivity contribution >= 4 is 35.1 Å². The summed E-state index contributed by atoms with van der Waals surface area (Å²) in [6.07, 6.45) is 0.378. The number of rotatable bonds is 1. The number of piperazine rings is 1. The zero-order chi connectivity index (χ0) is 16.9. The average Bonchev–Trinajstić information content (AvgIpc) is 3.17. The van der Waals surface area contributed by atoms with Crippen LogP contribution in [0, 0.1) is 0 Å². The van der Waals surface area contributed by atoms with Crippen LogP contribution < -0.4 is 5.56 Å². The monoisotopic (exact) mass is 359 g/mol. The van der Waals surface area contributed by atoms with E-state index in [0.29, 0.717) is 13.1 Å². The van der Waals surface area contributed by atoms with E-state index in [1.54, 1.807) is 9.80 Å². The van der Waals surface area contributed by atoms with Crippen LogP contribution in [0.15, 0.2) is 4.79 Å². The molecule has 0 spiro atoms. The summed E-state index contributed by atoms with van der Waals surface area (Å²) in [5, 5.41) is -0.0632. The van der Waals surface area contributed by atoms with Gasteiger partial charge in [0, 0.05) is 13.1 Å². The molecule has 1 aromatic heterocycles. The number of hydrogen-bond donors (Lipinski definition) is 1. The normalized spacial score (nSPS) is 23.5. The summed E-state index contributed by atoms with van der Waals surface area (Å²) in [6.45, 7) is 6.29. The molecule has 1 aliphatic carbocycles. The molecule has 3 rings (SSSR count). The minimum absolute atomic E-state index is 0.0167. The lowest BCUT2D eigenvalue weighted by molar-refractivity contribution is 0.0128. The standard InChI is InChI=1S/C14H18ClN3O4S/c1-14(2,3)22-13(21)18-5-4-17(7-6-8(7)18)12(20)10-9(15)11(19)16-23-10/h7-8H,4-6H2,1-3H3,(H,16,19). The number of hydrogen-bond acceptors (Lipinski definition) is 5. The van der Waals surface area contributed by atoms with Crippen molar-refractivity contribution in [1.82, 2.24) is 14.2 Å². The number of nitrogens with zero attached hydrogens (tertiary/aromatic N) is 2. The summed E-state index contributed by atoms with van der Waals surface area (Å²) >= 11 is 6.82. The summed E-state index contributed by atoms with van der Waals surface area (Å²) in [5.74, 6) is -0.255. The molecule has 2 heterocycles. The highest BCUT2D eigenvalue weighted by Crippen LogP contribution is 2.38. The first-order valence-corrected chi connectivity index (χ1v) is 8.56. The SMILES string of the molecule is CC(C)(C)OC(=O)N1CCN(C(=O)c2s[nH]c(=O)c2Cl)C2CC21. The van der Waals surface area contributed by atoms with Crippen LogP contribution in [0.5, 0.6) is 0 Å². The highest BCUT2D eigenvalue weighted by Gasteiger charge is 2.53. The van der Waals surface area contributed by atoms with Gasteiger partial charge >= 0.3 is 6.09 Å². The third kappa shape index (κ3) is 3.10. The Balaban J connectivity index is 1.68. The highest BCUT2D eigenvalue weighted by molar-refractivity contribution is 7.08. The maximum absolute atomic E-state index is 12.5. The van der Waals surface area contributed by atoms with E-state index in [4.69, 9.17) is 16.3 Å². The van der Waals surface area contributed by atoms with Crippen LogP contribution in [0.4, 0.5) is 4.79 Å². The van der Waals surface area contributed by atoms with E-state index in [1.807, 2.05) is 20.8 Å². The lowest BCUT2D eigenvalue weighted by atomic mass is 10.2. The lowest BCUT2D eigenvalue weighted by Gasteiger charge is -2.35. The van der Waals surface area contributed by atoms with E-state index in [9.17, 15) is 14.4 Å². The molecule has 1 saturated carbocycles. The molecule has 0 bridgehead atoms. The van der Waals surface area contributed by atoms with Crippen LogP contribution in [0.2, 0.25) is 5.02 Å². The Hall–Kier alpha value is -1.54. The highest BCUT2D eigenvalue weighted by atomic mass is 35.5. The van der Waals surface area contributed by atoms with E-state index in [-0.39, 0.29) is 34.0 Å². The van der Waals surface area contributed by atoms with Gasteiger partial charge < -0.3 is 14.5 Å². The van der Waals surface area contributed by atoms with E-state index in [1.165, 1.54) is 0 Å². The van der Waals surface area contributed by atoms with Gasteiger partial charge in [-0.25, -0.2) is 4.79 Å². The van der Waals surface area contributed by atoms with E-state index in [2.05, 4.69) is 4.37 Å². The van der Waals surface area contributed by atoms with Crippen molar-refractivity contribution in [2.24, 2.45) is 0 Å². The van der Waals surface area contributed by atoms with Crippen molar-refractivity contribution in [3.63, 3.8) is 0 Å². The molecule has 1 saturated heterocycles. The van der Waals surface area contributed by atoms with Crippen LogP contribution in [-0.2, 0) is 4.74 Å². The topological polar surface area (TPSA) is 82.7 Å². The maximum atomic E-state index is 12.5. The third-order valence-electron chi connectivity index (χ3n) is 3.83. The van der Waals surface area contributed by atoms with Gasteiger partial charge in [-0.15, -0.1) is 0 Å². The second kappa shape index (κ2) is 5.52. The van der Waals surface area contributed by atoms with Gasteiger partial charge in [0.15, 0.2) is 0 Å². The van der Waals surface area contributed by atoms with Gasteiger partial charge in [0.25, 0.3) is 11.5 Å². The molecule has 0 radical (unpaired) electrons. The van der Waals surface area contributed by atoms with Gasteiger partial charge in [-0.05, 0) is 27.2 Å². The zero-order valence-electron chi connectivity index (χ0n) is 13.1. The molecular formula is C14H18ClN3O4S. The Labute approximate surface area is 142 Å². The van der Waals surface area contributed by atoms with Gasteiger partial charge in [0.05, 0.1) is 12.1 Å². The average molecular weight is 360 g/mol. The molecule has 2 atom stereocenters. The molecule has 7 nitrogen and oxygen atoms in total. The largest absolute Gasteiger partial charge is 0.444 e. The number of carbonyl (C=O) groups excluding carboxylic acids is 2. The van der Waals surface area contributed by atoms with E-state index in [0.717, 1.165) is 18.0 Å². The summed E-state index contributed by atoms with van der Waals surface area (Å²) in [6, 6.07) is -0.0472. The Bertz CT molecular complexity index is 708. The van der Waals surface area contributed by atoms with Crippen LogP contribution >= 0.6 is 23.1 Å². The summed E-state index contributed by atoms with van der Waals surface area (Å²) in [4.78, 5) is 39.7. The second-order valence-electron chi connectivity index (χ2n) is 6.72. The molecular weight excluding hydrogens is 342 g/mol. The molecule has 0 aromatic carbocycles. The third-order valence-corrected chi connectivity index (χ3v) is 5.18. The van der Waals surface area contributed by atoms with E-state index < -0.39 is 11.2 Å². The van der Waals surface area contributed by atoms with Crippen LogP contribution in [0.3, 0.4) is 0 Å². The zero-order valence-corrected chi connectivity index (χ0v) is 14.7. The van der Waals surface area contributed by atoms with Crippen LogP contribution in [0.25, 0.3) is 0 Å². The number of nitrogens with one attached hydrogen (secondary N) is 1. The van der Waals surface area contributed by atoms with Gasteiger partial charge in [-0.1, -0.05) is 23.1 Å². The first kappa shape index (κ1) is 16.3. The number of halogens is 1. The molecule has 1 N–H and O–H groups in total. The fraction of sp³-hybridized carbons (Fsp3) is 0.643. The van der Waals surface area contributed by atoms with Crippen molar-refractivity contribution in [3.05, 3.63) is 20.3 Å². The Morgan fingerprint density at radius 3 is 2.43 bits per heavy atom. The van der Waals surface area contributed by atoms with Crippen LogP contribution in [0.1, 0.15) is 36.9 Å². The van der Waals surface area contributed by atoms with Crippen molar-refractivity contribution in [1.29, 1.82) is 0 Å². The first-order valence-electron chi connectivity index (χ1n) is 7.36. The van der Waals surface area contributed by atoms with Crippen molar-refractivity contribution < 1.29 is 14.3 Å². The maximum Gasteiger partial charge on any atom is 0.410 e. The molecule has 126 valence electrons. The number of amides is 2. The molecule has 1 aliphatic heterocycles. The summed E-state index contributed by atoms with van der Waals surface area (Å²) < 4.78 is 7.86. The fourth-order valence-corrected chi connectivity index (χ4v) is 3.73.